The molecule has 0 radical (unpaired) electrons. The summed E-state index contributed by atoms with van der Waals surface area (Å²) in [5.41, 5.74) is 3.84. The average Bonchev–Trinajstić information content (AvgIpc) is 2.69. The van der Waals surface area contributed by atoms with Gasteiger partial charge in [0.25, 0.3) is 0 Å². The van der Waals surface area contributed by atoms with Crippen molar-refractivity contribution in [3.63, 3.8) is 0 Å². The van der Waals surface area contributed by atoms with Gasteiger partial charge in [0.2, 0.25) is 11.8 Å². The number of nitrogens with zero attached hydrogens (tertiary/aromatic N) is 3. The van der Waals surface area contributed by atoms with Crippen molar-refractivity contribution in [3.05, 3.63) is 59.4 Å². The van der Waals surface area contributed by atoms with E-state index < -0.39 is 5.82 Å². The maximum atomic E-state index is 14.1. The van der Waals surface area contributed by atoms with Gasteiger partial charge in [-0.15, -0.1) is 0 Å². The van der Waals surface area contributed by atoms with Gasteiger partial charge in [0, 0.05) is 38.8 Å². The summed E-state index contributed by atoms with van der Waals surface area (Å²) in [4.78, 5) is 30.0. The van der Waals surface area contributed by atoms with Crippen LogP contribution in [0.4, 0.5) is 15.8 Å². The summed E-state index contributed by atoms with van der Waals surface area (Å²) >= 11 is 0. The van der Waals surface area contributed by atoms with Crippen molar-refractivity contribution in [2.24, 2.45) is 0 Å². The molecule has 0 saturated carbocycles. The summed E-state index contributed by atoms with van der Waals surface area (Å²) in [6, 6.07) is 12.3. The minimum atomic E-state index is -0.509. The first-order chi connectivity index (χ1) is 13.4. The molecule has 1 aliphatic heterocycles. The topological polar surface area (TPSA) is 43.9 Å². The molecule has 0 N–H and O–H groups in total. The van der Waals surface area contributed by atoms with Crippen molar-refractivity contribution in [3.8, 4) is 0 Å². The van der Waals surface area contributed by atoms with E-state index in [9.17, 15) is 14.0 Å². The highest BCUT2D eigenvalue weighted by atomic mass is 19.1. The molecule has 3 rings (SSSR count). The Balaban J connectivity index is 1.65. The highest BCUT2D eigenvalue weighted by Gasteiger charge is 2.26. The van der Waals surface area contributed by atoms with Gasteiger partial charge in [-0.3, -0.25) is 9.59 Å². The van der Waals surface area contributed by atoms with Crippen molar-refractivity contribution in [2.45, 2.75) is 20.8 Å². The molecular weight excluding hydrogens is 357 g/mol. The highest BCUT2D eigenvalue weighted by molar-refractivity contribution is 5.97. The number of anilines is 2. The van der Waals surface area contributed by atoms with E-state index in [1.54, 1.807) is 17.0 Å². The Bertz CT molecular complexity index is 876. The van der Waals surface area contributed by atoms with Crippen LogP contribution in [0.25, 0.3) is 0 Å². The minimum Gasteiger partial charge on any atom is -0.368 e. The van der Waals surface area contributed by atoms with Gasteiger partial charge in [-0.25, -0.2) is 4.39 Å². The lowest BCUT2D eigenvalue weighted by molar-refractivity contribution is -0.131. The summed E-state index contributed by atoms with van der Waals surface area (Å²) in [6.45, 7) is 8.02. The summed E-state index contributed by atoms with van der Waals surface area (Å²) in [6.07, 6.45) is 0. The fourth-order valence-electron chi connectivity index (χ4n) is 3.55. The van der Waals surface area contributed by atoms with Crippen LogP contribution in [0.1, 0.15) is 18.1 Å². The zero-order valence-corrected chi connectivity index (χ0v) is 16.6. The lowest BCUT2D eigenvalue weighted by atomic mass is 10.1. The third-order valence-corrected chi connectivity index (χ3v) is 5.37. The Morgan fingerprint density at radius 1 is 1.00 bits per heavy atom. The Morgan fingerprint density at radius 3 is 2.32 bits per heavy atom. The average molecular weight is 383 g/mol. The molecule has 0 aromatic heterocycles. The fraction of sp³-hybridized carbons (Fsp3) is 0.364. The number of piperazine rings is 1. The molecule has 1 fully saturated rings. The molecule has 2 amide bonds. The van der Waals surface area contributed by atoms with Crippen LogP contribution in [0.2, 0.25) is 0 Å². The normalized spacial score (nSPS) is 14.1. The van der Waals surface area contributed by atoms with Crippen LogP contribution in [0.3, 0.4) is 0 Å². The lowest BCUT2D eigenvalue weighted by Gasteiger charge is -2.37. The van der Waals surface area contributed by atoms with Crippen LogP contribution in [0, 0.1) is 19.7 Å². The van der Waals surface area contributed by atoms with Crippen LogP contribution in [0.15, 0.2) is 42.5 Å². The molecular formula is C22H26FN3O2. The Labute approximate surface area is 165 Å². The monoisotopic (exact) mass is 383 g/mol. The number of benzene rings is 2. The molecule has 0 atom stereocenters. The maximum absolute atomic E-state index is 14.1. The van der Waals surface area contributed by atoms with E-state index in [4.69, 9.17) is 0 Å². The van der Waals surface area contributed by atoms with E-state index in [2.05, 4.69) is 30.9 Å². The number of rotatable bonds is 4. The number of carbonyl (C=O) groups is 2. The molecule has 148 valence electrons. The first kappa shape index (κ1) is 19.9. The first-order valence-corrected chi connectivity index (χ1v) is 9.50. The SMILES string of the molecule is CC(=O)N(CC(=O)N1CCN(c2cccc(C)c2C)CC1)c1ccccc1F. The number of amides is 2. The fourth-order valence-corrected chi connectivity index (χ4v) is 3.55. The molecule has 2 aromatic carbocycles. The van der Waals surface area contributed by atoms with Gasteiger partial charge < -0.3 is 14.7 Å². The minimum absolute atomic E-state index is 0.136. The van der Waals surface area contributed by atoms with Crippen LogP contribution in [-0.4, -0.2) is 49.4 Å². The molecule has 0 unspecified atom stereocenters. The Hall–Kier alpha value is -2.89. The van der Waals surface area contributed by atoms with E-state index in [1.165, 1.54) is 40.8 Å². The van der Waals surface area contributed by atoms with E-state index in [-0.39, 0.29) is 24.0 Å². The van der Waals surface area contributed by atoms with Gasteiger partial charge in [-0.2, -0.15) is 0 Å². The third-order valence-electron chi connectivity index (χ3n) is 5.37. The van der Waals surface area contributed by atoms with Gasteiger partial charge in [-0.05, 0) is 43.2 Å². The quantitative estimate of drug-likeness (QED) is 0.815. The Kier molecular flexibility index (Phi) is 5.97. The molecule has 6 heteroatoms. The third kappa shape index (κ3) is 4.16. The largest absolute Gasteiger partial charge is 0.368 e. The number of hydrogen-bond acceptors (Lipinski definition) is 3. The van der Waals surface area contributed by atoms with E-state index in [0.717, 1.165) is 13.1 Å². The summed E-state index contributed by atoms with van der Waals surface area (Å²) in [7, 11) is 0. The second-order valence-electron chi connectivity index (χ2n) is 7.14. The van der Waals surface area contributed by atoms with Crippen molar-refractivity contribution in [1.82, 2.24) is 4.90 Å². The molecule has 0 spiro atoms. The van der Waals surface area contributed by atoms with Crippen molar-refractivity contribution in [2.75, 3.05) is 42.5 Å². The first-order valence-electron chi connectivity index (χ1n) is 9.50. The zero-order chi connectivity index (χ0) is 20.3. The van der Waals surface area contributed by atoms with Gasteiger partial charge in [-0.1, -0.05) is 24.3 Å². The molecule has 0 bridgehead atoms. The second kappa shape index (κ2) is 8.42. The molecule has 1 heterocycles. The van der Waals surface area contributed by atoms with E-state index in [1.807, 2.05) is 6.07 Å². The van der Waals surface area contributed by atoms with Gasteiger partial charge >= 0.3 is 0 Å². The number of aryl methyl sites for hydroxylation is 1. The predicted molar refractivity (Wildman–Crippen MR) is 109 cm³/mol. The number of carbonyl (C=O) groups excluding carboxylic acids is 2. The molecule has 1 saturated heterocycles. The van der Waals surface area contributed by atoms with E-state index >= 15 is 0 Å². The van der Waals surface area contributed by atoms with Crippen molar-refractivity contribution in [1.29, 1.82) is 0 Å². The number of para-hydroxylation sites is 1. The van der Waals surface area contributed by atoms with Gasteiger partial charge in [0.1, 0.15) is 12.4 Å². The molecule has 2 aromatic rings. The Morgan fingerprint density at radius 2 is 1.68 bits per heavy atom. The summed E-state index contributed by atoms with van der Waals surface area (Å²) < 4.78 is 14.1. The molecule has 5 nitrogen and oxygen atoms in total. The van der Waals surface area contributed by atoms with Gasteiger partial charge in [0.15, 0.2) is 0 Å². The molecule has 0 aliphatic carbocycles. The maximum Gasteiger partial charge on any atom is 0.242 e. The smallest absolute Gasteiger partial charge is 0.242 e. The number of hydrogen-bond donors (Lipinski definition) is 0. The van der Waals surface area contributed by atoms with E-state index in [0.29, 0.717) is 13.1 Å². The van der Waals surface area contributed by atoms with Crippen LogP contribution >= 0.6 is 0 Å². The van der Waals surface area contributed by atoms with Crippen LogP contribution in [-0.2, 0) is 9.59 Å². The second-order valence-corrected chi connectivity index (χ2v) is 7.14. The van der Waals surface area contributed by atoms with Crippen molar-refractivity contribution >= 4 is 23.2 Å². The van der Waals surface area contributed by atoms with Crippen molar-refractivity contribution < 1.29 is 14.0 Å². The molecule has 1 aliphatic rings. The number of halogens is 1. The standard InChI is InChI=1S/C22H26FN3O2/c1-16-7-6-10-20(17(16)2)24-11-13-25(14-12-24)22(28)15-26(18(3)27)21-9-5-4-8-19(21)23/h4-10H,11-15H2,1-3H3. The molecule has 28 heavy (non-hydrogen) atoms. The van der Waals surface area contributed by atoms with Gasteiger partial charge in [0.05, 0.1) is 5.69 Å². The van der Waals surface area contributed by atoms with Crippen LogP contribution < -0.4 is 9.80 Å². The summed E-state index contributed by atoms with van der Waals surface area (Å²) in [5.74, 6) is -1.03. The predicted octanol–water partition coefficient (Wildman–Crippen LogP) is 3.14. The van der Waals surface area contributed by atoms with Crippen LogP contribution in [0.5, 0.6) is 0 Å². The summed E-state index contributed by atoms with van der Waals surface area (Å²) in [5, 5.41) is 0. The zero-order valence-electron chi connectivity index (χ0n) is 16.6. The highest BCUT2D eigenvalue weighted by Crippen LogP contribution is 2.24. The lowest BCUT2D eigenvalue weighted by Crippen LogP contribution is -2.52.